The maximum absolute atomic E-state index is 12.0. The summed E-state index contributed by atoms with van der Waals surface area (Å²) in [6.45, 7) is 2.42. The van der Waals surface area contributed by atoms with E-state index in [0.717, 1.165) is 24.5 Å². The minimum atomic E-state index is -0.133. The van der Waals surface area contributed by atoms with Gasteiger partial charge in [-0.25, -0.2) is 0 Å². The number of methoxy groups -OCH3 is 1. The topological polar surface area (TPSA) is 44.8 Å². The van der Waals surface area contributed by atoms with Crippen LogP contribution in [0.1, 0.15) is 0 Å². The molecule has 0 aromatic heterocycles. The Bertz CT molecular complexity index is 431. The molecule has 1 heterocycles. The summed E-state index contributed by atoms with van der Waals surface area (Å²) in [6.07, 6.45) is 0. The normalized spacial score (nSPS) is 19.1. The van der Waals surface area contributed by atoms with Gasteiger partial charge in [0.05, 0.1) is 7.11 Å². The number of nitrogens with one attached hydrogen (secondary N) is 1. The van der Waals surface area contributed by atoms with Gasteiger partial charge < -0.3 is 19.9 Å². The highest BCUT2D eigenvalue weighted by atomic mass is 16.5. The third-order valence-electron chi connectivity index (χ3n) is 3.35. The molecule has 1 aromatic rings. The molecule has 0 aliphatic carbocycles. The minimum Gasteiger partial charge on any atom is -0.497 e. The molecular weight excluding hydrogens is 242 g/mol. The van der Waals surface area contributed by atoms with Crippen LogP contribution in [0.5, 0.6) is 5.75 Å². The van der Waals surface area contributed by atoms with Crippen LogP contribution in [0.4, 0.5) is 5.69 Å². The number of amides is 1. The molecule has 2 rings (SSSR count). The molecule has 5 heteroatoms. The van der Waals surface area contributed by atoms with Crippen molar-refractivity contribution in [3.8, 4) is 5.75 Å². The van der Waals surface area contributed by atoms with Crippen molar-refractivity contribution in [1.82, 2.24) is 10.2 Å². The molecule has 19 heavy (non-hydrogen) atoms. The number of anilines is 1. The quantitative estimate of drug-likeness (QED) is 0.865. The van der Waals surface area contributed by atoms with E-state index in [4.69, 9.17) is 4.74 Å². The van der Waals surface area contributed by atoms with Crippen LogP contribution in [0.25, 0.3) is 0 Å². The van der Waals surface area contributed by atoms with Gasteiger partial charge in [0.1, 0.15) is 11.8 Å². The maximum atomic E-state index is 12.0. The van der Waals surface area contributed by atoms with Gasteiger partial charge in [-0.15, -0.1) is 0 Å². The molecule has 1 amide bonds. The Labute approximate surface area is 114 Å². The molecule has 0 saturated carbocycles. The summed E-state index contributed by atoms with van der Waals surface area (Å²) in [4.78, 5) is 15.9. The molecule has 1 fully saturated rings. The van der Waals surface area contributed by atoms with Gasteiger partial charge in [0, 0.05) is 39.4 Å². The smallest absolute Gasteiger partial charge is 0.241 e. The van der Waals surface area contributed by atoms with Crippen LogP contribution in [-0.4, -0.2) is 57.7 Å². The molecule has 1 saturated heterocycles. The summed E-state index contributed by atoms with van der Waals surface area (Å²) in [5.41, 5.74) is 1.12. The fourth-order valence-electron chi connectivity index (χ4n) is 2.25. The van der Waals surface area contributed by atoms with Crippen LogP contribution >= 0.6 is 0 Å². The SMILES string of the molecule is COc1ccc(N2CCN[C@@H](C(=O)N(C)C)C2)cc1. The molecule has 1 aliphatic rings. The van der Waals surface area contributed by atoms with Gasteiger partial charge >= 0.3 is 0 Å². The lowest BCUT2D eigenvalue weighted by Crippen LogP contribution is -2.57. The highest BCUT2D eigenvalue weighted by molar-refractivity contribution is 5.82. The Morgan fingerprint density at radius 2 is 2.05 bits per heavy atom. The molecule has 0 spiro atoms. The largest absolute Gasteiger partial charge is 0.497 e. The summed E-state index contributed by atoms with van der Waals surface area (Å²) >= 11 is 0. The predicted molar refractivity (Wildman–Crippen MR) is 75.7 cm³/mol. The number of carbonyl (C=O) groups excluding carboxylic acids is 1. The van der Waals surface area contributed by atoms with E-state index in [1.54, 1.807) is 26.1 Å². The van der Waals surface area contributed by atoms with Crippen molar-refractivity contribution in [2.75, 3.05) is 45.7 Å². The lowest BCUT2D eigenvalue weighted by molar-refractivity contribution is -0.130. The first-order valence-electron chi connectivity index (χ1n) is 6.45. The second-order valence-electron chi connectivity index (χ2n) is 4.88. The number of benzene rings is 1. The first-order valence-corrected chi connectivity index (χ1v) is 6.45. The second kappa shape index (κ2) is 5.93. The highest BCUT2D eigenvalue weighted by Gasteiger charge is 2.26. The molecule has 0 bridgehead atoms. The number of carbonyl (C=O) groups is 1. The molecule has 0 radical (unpaired) electrons. The average Bonchev–Trinajstić information content (AvgIpc) is 2.46. The van der Waals surface area contributed by atoms with Gasteiger partial charge in [-0.3, -0.25) is 4.79 Å². The first kappa shape index (κ1) is 13.7. The van der Waals surface area contributed by atoms with Gasteiger partial charge in [0.25, 0.3) is 0 Å². The van der Waals surface area contributed by atoms with Crippen LogP contribution < -0.4 is 15.0 Å². The number of hydrogen-bond acceptors (Lipinski definition) is 4. The zero-order valence-corrected chi connectivity index (χ0v) is 11.7. The van der Waals surface area contributed by atoms with Crippen LogP contribution in [0.3, 0.4) is 0 Å². The molecule has 104 valence electrons. The van der Waals surface area contributed by atoms with Crippen LogP contribution in [-0.2, 0) is 4.79 Å². The number of nitrogens with zero attached hydrogens (tertiary/aromatic N) is 2. The number of piperazine rings is 1. The number of ether oxygens (including phenoxy) is 1. The standard InChI is InChI=1S/C14H21N3O2/c1-16(2)14(18)13-10-17(9-8-15-13)11-4-6-12(19-3)7-5-11/h4-7,13,15H,8-10H2,1-3H3/t13-/m1/s1. The zero-order chi connectivity index (χ0) is 13.8. The lowest BCUT2D eigenvalue weighted by atomic mass is 10.1. The van der Waals surface area contributed by atoms with Crippen molar-refractivity contribution in [2.24, 2.45) is 0 Å². The van der Waals surface area contributed by atoms with Crippen molar-refractivity contribution in [1.29, 1.82) is 0 Å². The second-order valence-corrected chi connectivity index (χ2v) is 4.88. The Hall–Kier alpha value is -1.75. The van der Waals surface area contributed by atoms with Gasteiger partial charge in [-0.1, -0.05) is 0 Å². The fourth-order valence-corrected chi connectivity index (χ4v) is 2.25. The molecule has 1 aliphatic heterocycles. The van der Waals surface area contributed by atoms with E-state index in [-0.39, 0.29) is 11.9 Å². The molecule has 5 nitrogen and oxygen atoms in total. The number of rotatable bonds is 3. The van der Waals surface area contributed by atoms with E-state index in [0.29, 0.717) is 6.54 Å². The highest BCUT2D eigenvalue weighted by Crippen LogP contribution is 2.20. The van der Waals surface area contributed by atoms with Crippen molar-refractivity contribution in [2.45, 2.75) is 6.04 Å². The molecule has 0 unspecified atom stereocenters. The summed E-state index contributed by atoms with van der Waals surface area (Å²) < 4.78 is 5.16. The summed E-state index contributed by atoms with van der Waals surface area (Å²) in [6, 6.07) is 7.81. The van der Waals surface area contributed by atoms with Crippen molar-refractivity contribution in [3.05, 3.63) is 24.3 Å². The number of likely N-dealkylation sites (N-methyl/N-ethyl adjacent to an activating group) is 1. The van der Waals surface area contributed by atoms with E-state index in [2.05, 4.69) is 10.2 Å². The zero-order valence-electron chi connectivity index (χ0n) is 11.7. The molecular formula is C14H21N3O2. The van der Waals surface area contributed by atoms with Crippen LogP contribution in [0.2, 0.25) is 0 Å². The summed E-state index contributed by atoms with van der Waals surface area (Å²) in [5.74, 6) is 0.970. The van der Waals surface area contributed by atoms with Crippen molar-refractivity contribution >= 4 is 11.6 Å². The molecule has 1 aromatic carbocycles. The van der Waals surface area contributed by atoms with E-state index in [1.165, 1.54) is 0 Å². The van der Waals surface area contributed by atoms with E-state index >= 15 is 0 Å². The van der Waals surface area contributed by atoms with Gasteiger partial charge in [0.15, 0.2) is 0 Å². The summed E-state index contributed by atoms with van der Waals surface area (Å²) in [5, 5.41) is 3.26. The average molecular weight is 263 g/mol. The van der Waals surface area contributed by atoms with Gasteiger partial charge in [-0.05, 0) is 24.3 Å². The van der Waals surface area contributed by atoms with Crippen molar-refractivity contribution < 1.29 is 9.53 Å². The van der Waals surface area contributed by atoms with E-state index in [9.17, 15) is 4.79 Å². The van der Waals surface area contributed by atoms with E-state index in [1.807, 2.05) is 24.3 Å². The Balaban J connectivity index is 2.05. The van der Waals surface area contributed by atoms with E-state index < -0.39 is 0 Å². The minimum absolute atomic E-state index is 0.123. The molecule has 1 atom stereocenters. The maximum Gasteiger partial charge on any atom is 0.241 e. The van der Waals surface area contributed by atoms with Crippen LogP contribution in [0.15, 0.2) is 24.3 Å². The van der Waals surface area contributed by atoms with Gasteiger partial charge in [0.2, 0.25) is 5.91 Å². The Morgan fingerprint density at radius 3 is 2.63 bits per heavy atom. The van der Waals surface area contributed by atoms with Gasteiger partial charge in [-0.2, -0.15) is 0 Å². The first-order chi connectivity index (χ1) is 9.11. The lowest BCUT2D eigenvalue weighted by Gasteiger charge is -2.35. The fraction of sp³-hybridized carbons (Fsp3) is 0.500. The van der Waals surface area contributed by atoms with Crippen LogP contribution in [0, 0.1) is 0 Å². The van der Waals surface area contributed by atoms with Crippen molar-refractivity contribution in [3.63, 3.8) is 0 Å². The predicted octanol–water partition coefficient (Wildman–Crippen LogP) is 0.562. The molecule has 1 N–H and O–H groups in total. The monoisotopic (exact) mass is 263 g/mol. The Kier molecular flexibility index (Phi) is 4.27. The third kappa shape index (κ3) is 3.17. The Morgan fingerprint density at radius 1 is 1.37 bits per heavy atom. The number of hydrogen-bond donors (Lipinski definition) is 1. The summed E-state index contributed by atoms with van der Waals surface area (Å²) in [7, 11) is 5.23. The third-order valence-corrected chi connectivity index (χ3v) is 3.35.